The SMILES string of the molecule is Cc1cc(COCC(=O)Nc2cnccn2)no1. The van der Waals surface area contributed by atoms with Gasteiger partial charge in [0.1, 0.15) is 18.1 Å². The molecule has 2 heterocycles. The van der Waals surface area contributed by atoms with E-state index in [-0.39, 0.29) is 19.1 Å². The van der Waals surface area contributed by atoms with E-state index < -0.39 is 0 Å². The van der Waals surface area contributed by atoms with Crippen LogP contribution in [0.2, 0.25) is 0 Å². The topological polar surface area (TPSA) is 90.1 Å². The van der Waals surface area contributed by atoms with Gasteiger partial charge in [0.25, 0.3) is 5.91 Å². The molecule has 0 aliphatic carbocycles. The van der Waals surface area contributed by atoms with Crippen molar-refractivity contribution in [2.75, 3.05) is 11.9 Å². The highest BCUT2D eigenvalue weighted by Gasteiger charge is 2.05. The number of rotatable bonds is 5. The summed E-state index contributed by atoms with van der Waals surface area (Å²) < 4.78 is 10.1. The molecule has 2 aromatic heterocycles. The average Bonchev–Trinajstić information content (AvgIpc) is 2.76. The standard InChI is InChI=1S/C11H12N4O3/c1-8-4-9(15-18-8)6-17-7-11(16)14-10-5-12-2-3-13-10/h2-5H,6-7H2,1H3,(H,13,14,16). The van der Waals surface area contributed by atoms with E-state index in [1.165, 1.54) is 18.6 Å². The lowest BCUT2D eigenvalue weighted by atomic mass is 10.4. The highest BCUT2D eigenvalue weighted by Crippen LogP contribution is 2.03. The number of carbonyl (C=O) groups is 1. The summed E-state index contributed by atoms with van der Waals surface area (Å²) in [6.45, 7) is 1.94. The fraction of sp³-hybridized carbons (Fsp3) is 0.273. The highest BCUT2D eigenvalue weighted by atomic mass is 16.5. The largest absolute Gasteiger partial charge is 0.365 e. The number of aryl methyl sites for hydroxylation is 1. The van der Waals surface area contributed by atoms with E-state index in [1.807, 2.05) is 0 Å². The zero-order valence-corrected chi connectivity index (χ0v) is 9.79. The number of ether oxygens (including phenoxy) is 1. The normalized spacial score (nSPS) is 10.3. The van der Waals surface area contributed by atoms with Gasteiger partial charge in [-0.2, -0.15) is 0 Å². The van der Waals surface area contributed by atoms with Crippen molar-refractivity contribution < 1.29 is 14.1 Å². The van der Waals surface area contributed by atoms with Crippen LogP contribution < -0.4 is 5.32 Å². The van der Waals surface area contributed by atoms with Gasteiger partial charge in [-0.3, -0.25) is 9.78 Å². The van der Waals surface area contributed by atoms with Crippen molar-refractivity contribution in [1.29, 1.82) is 0 Å². The summed E-state index contributed by atoms with van der Waals surface area (Å²) in [5.41, 5.74) is 0.653. The fourth-order valence-electron chi connectivity index (χ4n) is 1.28. The van der Waals surface area contributed by atoms with Crippen molar-refractivity contribution >= 4 is 11.7 Å². The molecule has 18 heavy (non-hydrogen) atoms. The lowest BCUT2D eigenvalue weighted by molar-refractivity contribution is -0.121. The first-order valence-electron chi connectivity index (χ1n) is 5.30. The smallest absolute Gasteiger partial charge is 0.251 e. The molecule has 0 radical (unpaired) electrons. The molecular weight excluding hydrogens is 236 g/mol. The second kappa shape index (κ2) is 5.87. The van der Waals surface area contributed by atoms with E-state index in [4.69, 9.17) is 9.26 Å². The maximum absolute atomic E-state index is 11.5. The van der Waals surface area contributed by atoms with Gasteiger partial charge in [0.15, 0.2) is 5.82 Å². The Morgan fingerprint density at radius 2 is 2.39 bits per heavy atom. The Bertz CT molecular complexity index is 512. The van der Waals surface area contributed by atoms with Gasteiger partial charge in [0, 0.05) is 18.5 Å². The molecule has 0 aliphatic rings. The molecular formula is C11H12N4O3. The summed E-state index contributed by atoms with van der Waals surface area (Å²) in [7, 11) is 0. The summed E-state index contributed by atoms with van der Waals surface area (Å²) in [4.78, 5) is 19.2. The van der Waals surface area contributed by atoms with Crippen LogP contribution in [0.5, 0.6) is 0 Å². The molecule has 2 aromatic rings. The summed E-state index contributed by atoms with van der Waals surface area (Å²) in [6.07, 6.45) is 4.48. The monoisotopic (exact) mass is 248 g/mol. The van der Waals surface area contributed by atoms with Gasteiger partial charge in [0.05, 0.1) is 12.8 Å². The van der Waals surface area contributed by atoms with Crippen molar-refractivity contribution in [1.82, 2.24) is 15.1 Å². The number of anilines is 1. The molecule has 0 fully saturated rings. The molecule has 0 aliphatic heterocycles. The number of hydrogen-bond donors (Lipinski definition) is 1. The van der Waals surface area contributed by atoms with Crippen LogP contribution in [0.1, 0.15) is 11.5 Å². The Hall–Kier alpha value is -2.28. The number of nitrogens with zero attached hydrogens (tertiary/aromatic N) is 3. The minimum Gasteiger partial charge on any atom is -0.365 e. The molecule has 7 nitrogen and oxygen atoms in total. The third-order valence-electron chi connectivity index (χ3n) is 1.99. The summed E-state index contributed by atoms with van der Waals surface area (Å²) in [5.74, 6) is 0.803. The zero-order chi connectivity index (χ0) is 12.8. The van der Waals surface area contributed by atoms with Crippen LogP contribution in [-0.2, 0) is 16.1 Å². The zero-order valence-electron chi connectivity index (χ0n) is 9.79. The Morgan fingerprint density at radius 3 is 3.06 bits per heavy atom. The van der Waals surface area contributed by atoms with E-state index in [0.717, 1.165) is 0 Å². The van der Waals surface area contributed by atoms with E-state index in [9.17, 15) is 4.79 Å². The molecule has 94 valence electrons. The van der Waals surface area contributed by atoms with Crippen LogP contribution in [-0.4, -0.2) is 27.6 Å². The van der Waals surface area contributed by atoms with Gasteiger partial charge in [-0.25, -0.2) is 4.98 Å². The lowest BCUT2D eigenvalue weighted by Gasteiger charge is -2.03. The van der Waals surface area contributed by atoms with Crippen LogP contribution in [0.15, 0.2) is 29.2 Å². The molecule has 1 amide bonds. The van der Waals surface area contributed by atoms with E-state index in [2.05, 4.69) is 20.4 Å². The number of carbonyl (C=O) groups excluding carboxylic acids is 1. The summed E-state index contributed by atoms with van der Waals surface area (Å²) in [6, 6.07) is 1.75. The van der Waals surface area contributed by atoms with Gasteiger partial charge in [-0.1, -0.05) is 5.16 Å². The number of aromatic nitrogens is 3. The lowest BCUT2D eigenvalue weighted by Crippen LogP contribution is -2.19. The molecule has 7 heteroatoms. The van der Waals surface area contributed by atoms with E-state index >= 15 is 0 Å². The van der Waals surface area contributed by atoms with E-state index in [0.29, 0.717) is 17.3 Å². The Kier molecular flexibility index (Phi) is 3.98. The molecule has 1 N–H and O–H groups in total. The molecule has 0 bridgehead atoms. The molecule has 0 spiro atoms. The van der Waals surface area contributed by atoms with Gasteiger partial charge >= 0.3 is 0 Å². The number of hydrogen-bond acceptors (Lipinski definition) is 6. The predicted molar refractivity (Wildman–Crippen MR) is 61.6 cm³/mol. The van der Waals surface area contributed by atoms with Crippen LogP contribution in [0.3, 0.4) is 0 Å². The van der Waals surface area contributed by atoms with Gasteiger partial charge in [-0.05, 0) is 6.92 Å². The van der Waals surface area contributed by atoms with Crippen LogP contribution >= 0.6 is 0 Å². The van der Waals surface area contributed by atoms with Crippen molar-refractivity contribution in [3.8, 4) is 0 Å². The van der Waals surface area contributed by atoms with Crippen molar-refractivity contribution in [3.63, 3.8) is 0 Å². The number of amides is 1. The maximum atomic E-state index is 11.5. The average molecular weight is 248 g/mol. The maximum Gasteiger partial charge on any atom is 0.251 e. The highest BCUT2D eigenvalue weighted by molar-refractivity contribution is 5.90. The van der Waals surface area contributed by atoms with Crippen LogP contribution in [0, 0.1) is 6.92 Å². The first-order valence-corrected chi connectivity index (χ1v) is 5.30. The summed E-state index contributed by atoms with van der Waals surface area (Å²) >= 11 is 0. The number of nitrogens with one attached hydrogen (secondary N) is 1. The van der Waals surface area contributed by atoms with E-state index in [1.54, 1.807) is 13.0 Å². The molecule has 0 aromatic carbocycles. The minimum absolute atomic E-state index is 0.0809. The van der Waals surface area contributed by atoms with Gasteiger partial charge in [0.2, 0.25) is 0 Å². The quantitative estimate of drug-likeness (QED) is 0.846. The molecule has 0 saturated heterocycles. The second-order valence-corrected chi connectivity index (χ2v) is 3.56. The third-order valence-corrected chi connectivity index (χ3v) is 1.99. The molecule has 0 unspecified atom stereocenters. The first kappa shape index (κ1) is 12.2. The van der Waals surface area contributed by atoms with Crippen LogP contribution in [0.4, 0.5) is 5.82 Å². The van der Waals surface area contributed by atoms with Gasteiger partial charge < -0.3 is 14.6 Å². The molecule has 0 atom stereocenters. The Balaban J connectivity index is 1.72. The Labute approximate surface area is 103 Å². The minimum atomic E-state index is -0.296. The van der Waals surface area contributed by atoms with Crippen molar-refractivity contribution in [2.24, 2.45) is 0 Å². The molecule has 2 rings (SSSR count). The second-order valence-electron chi connectivity index (χ2n) is 3.56. The summed E-state index contributed by atoms with van der Waals surface area (Å²) in [5, 5.41) is 6.29. The van der Waals surface area contributed by atoms with Crippen molar-refractivity contribution in [3.05, 3.63) is 36.1 Å². The fourth-order valence-corrected chi connectivity index (χ4v) is 1.28. The van der Waals surface area contributed by atoms with Crippen molar-refractivity contribution in [2.45, 2.75) is 13.5 Å². The third kappa shape index (κ3) is 3.63. The van der Waals surface area contributed by atoms with Gasteiger partial charge in [-0.15, -0.1) is 0 Å². The Morgan fingerprint density at radius 1 is 1.50 bits per heavy atom. The first-order chi connectivity index (χ1) is 8.74. The predicted octanol–water partition coefficient (Wildman–Crippen LogP) is 0.928. The molecule has 0 saturated carbocycles. The van der Waals surface area contributed by atoms with Crippen LogP contribution in [0.25, 0.3) is 0 Å².